The van der Waals surface area contributed by atoms with E-state index in [9.17, 15) is 9.90 Å². The Morgan fingerprint density at radius 2 is 2.00 bits per heavy atom. The zero-order valence-corrected chi connectivity index (χ0v) is 19.2. The minimum Gasteiger partial charge on any atom is -0.390 e. The number of aromatic nitrogens is 1. The van der Waals surface area contributed by atoms with Crippen LogP contribution in [0.2, 0.25) is 0 Å². The molecule has 2 aliphatic rings. The first kappa shape index (κ1) is 22.2. The number of hydrogen-bond acceptors (Lipinski definition) is 4. The fourth-order valence-electron chi connectivity index (χ4n) is 5.43. The van der Waals surface area contributed by atoms with Crippen molar-refractivity contribution in [2.45, 2.75) is 70.6 Å². The van der Waals surface area contributed by atoms with Gasteiger partial charge in [-0.3, -0.25) is 9.69 Å². The average Bonchev–Trinajstić information content (AvgIpc) is 3.20. The lowest BCUT2D eigenvalue weighted by Gasteiger charge is -2.46. The summed E-state index contributed by atoms with van der Waals surface area (Å²) < 4.78 is 0. The van der Waals surface area contributed by atoms with Crippen molar-refractivity contribution in [1.82, 2.24) is 15.2 Å². The highest BCUT2D eigenvalue weighted by molar-refractivity contribution is 5.91. The Morgan fingerprint density at radius 3 is 2.77 bits per heavy atom. The number of hydrogen-bond donors (Lipinski definition) is 4. The van der Waals surface area contributed by atoms with Gasteiger partial charge in [-0.15, -0.1) is 0 Å². The number of rotatable bonds is 6. The average molecular weight is 427 g/mol. The molecule has 170 valence electrons. The number of aromatic amines is 1. The molecule has 31 heavy (non-hydrogen) atoms. The van der Waals surface area contributed by atoms with Gasteiger partial charge >= 0.3 is 0 Å². The van der Waals surface area contributed by atoms with Gasteiger partial charge in [-0.05, 0) is 63.6 Å². The van der Waals surface area contributed by atoms with Crippen LogP contribution in [0.3, 0.4) is 0 Å². The van der Waals surface area contributed by atoms with Crippen LogP contribution in [0.4, 0.5) is 5.69 Å². The highest BCUT2D eigenvalue weighted by Gasteiger charge is 2.40. The van der Waals surface area contributed by atoms with E-state index in [2.05, 4.69) is 20.5 Å². The Kier molecular flexibility index (Phi) is 6.58. The third kappa shape index (κ3) is 5.42. The molecule has 1 aromatic carbocycles. The predicted molar refractivity (Wildman–Crippen MR) is 126 cm³/mol. The van der Waals surface area contributed by atoms with Crippen molar-refractivity contribution in [2.75, 3.05) is 25.0 Å². The van der Waals surface area contributed by atoms with Crippen LogP contribution in [0, 0.1) is 11.8 Å². The van der Waals surface area contributed by atoms with Crippen molar-refractivity contribution >= 4 is 22.5 Å². The van der Waals surface area contributed by atoms with E-state index in [4.69, 9.17) is 0 Å². The summed E-state index contributed by atoms with van der Waals surface area (Å²) in [4.78, 5) is 18.6. The smallest absolute Gasteiger partial charge is 0.237 e. The third-order valence-electron chi connectivity index (χ3n) is 6.87. The second-order valence-corrected chi connectivity index (χ2v) is 10.5. The molecule has 6 nitrogen and oxygen atoms in total. The molecule has 0 radical (unpaired) electrons. The predicted octanol–water partition coefficient (Wildman–Crippen LogP) is 3.74. The van der Waals surface area contributed by atoms with Gasteiger partial charge in [0.2, 0.25) is 5.91 Å². The number of aliphatic hydroxyl groups is 1. The number of likely N-dealkylation sites (tertiary alicyclic amines) is 1. The summed E-state index contributed by atoms with van der Waals surface area (Å²) >= 11 is 0. The summed E-state index contributed by atoms with van der Waals surface area (Å²) in [6.45, 7) is 7.98. The van der Waals surface area contributed by atoms with Gasteiger partial charge in [-0.2, -0.15) is 0 Å². The minimum absolute atomic E-state index is 0.105. The monoisotopic (exact) mass is 426 g/mol. The van der Waals surface area contributed by atoms with E-state index in [1.165, 1.54) is 25.7 Å². The standard InChI is InChI=1S/C25H38N4O2/c1-25(2,3)28-24(31)23-13-17-7-4-5-8-18(17)15-29(23)16-19(30)14-27-22-10-6-9-21-20(22)11-12-26-21/h6,9-12,17-19,23,26-27,30H,4-5,7-8,13-16H2,1-3H3,(H,28,31)/t17-,18+,19-,23-/m0/s1. The Labute approximate surface area is 185 Å². The second kappa shape index (κ2) is 9.21. The molecule has 0 bridgehead atoms. The molecule has 1 saturated carbocycles. The molecule has 1 aromatic heterocycles. The lowest BCUT2D eigenvalue weighted by Crippen LogP contribution is -2.59. The summed E-state index contributed by atoms with van der Waals surface area (Å²) in [6, 6.07) is 7.99. The number of nitrogens with zero attached hydrogens (tertiary/aromatic N) is 1. The first-order valence-corrected chi connectivity index (χ1v) is 11.8. The highest BCUT2D eigenvalue weighted by atomic mass is 16.3. The van der Waals surface area contributed by atoms with Gasteiger partial charge in [0, 0.05) is 48.0 Å². The zero-order chi connectivity index (χ0) is 22.0. The lowest BCUT2D eigenvalue weighted by molar-refractivity contribution is -0.132. The number of fused-ring (bicyclic) bond motifs is 2. The van der Waals surface area contributed by atoms with E-state index < -0.39 is 6.10 Å². The van der Waals surface area contributed by atoms with Gasteiger partial charge in [0.25, 0.3) is 0 Å². The van der Waals surface area contributed by atoms with Gasteiger partial charge in [0.1, 0.15) is 0 Å². The van der Waals surface area contributed by atoms with E-state index in [0.717, 1.165) is 29.6 Å². The van der Waals surface area contributed by atoms with Gasteiger partial charge in [0.15, 0.2) is 0 Å². The van der Waals surface area contributed by atoms with E-state index in [-0.39, 0.29) is 17.5 Å². The third-order valence-corrected chi connectivity index (χ3v) is 6.87. The number of carbonyl (C=O) groups is 1. The van der Waals surface area contributed by atoms with Crippen molar-refractivity contribution in [3.05, 3.63) is 30.5 Å². The summed E-state index contributed by atoms with van der Waals surface area (Å²) in [5.41, 5.74) is 1.85. The topological polar surface area (TPSA) is 80.4 Å². The number of anilines is 1. The maximum atomic E-state index is 13.1. The molecular weight excluding hydrogens is 388 g/mol. The minimum atomic E-state index is -0.542. The van der Waals surface area contributed by atoms with E-state index >= 15 is 0 Å². The van der Waals surface area contributed by atoms with Crippen molar-refractivity contribution in [2.24, 2.45) is 11.8 Å². The van der Waals surface area contributed by atoms with E-state index in [1.54, 1.807) is 0 Å². The van der Waals surface area contributed by atoms with Gasteiger partial charge < -0.3 is 20.7 Å². The number of carbonyl (C=O) groups excluding carboxylic acids is 1. The van der Waals surface area contributed by atoms with Crippen LogP contribution in [0.15, 0.2) is 30.5 Å². The lowest BCUT2D eigenvalue weighted by atomic mass is 9.72. The van der Waals surface area contributed by atoms with Gasteiger partial charge in [-0.1, -0.05) is 25.3 Å². The van der Waals surface area contributed by atoms with Crippen molar-refractivity contribution < 1.29 is 9.90 Å². The van der Waals surface area contributed by atoms with Crippen molar-refractivity contribution in [3.63, 3.8) is 0 Å². The molecule has 0 unspecified atom stereocenters. The summed E-state index contributed by atoms with van der Waals surface area (Å²) in [7, 11) is 0. The quantitative estimate of drug-likeness (QED) is 0.567. The summed E-state index contributed by atoms with van der Waals surface area (Å²) in [6.07, 6.45) is 7.36. The molecule has 0 spiro atoms. The number of H-pyrrole nitrogens is 1. The van der Waals surface area contributed by atoms with Gasteiger partial charge in [0.05, 0.1) is 12.1 Å². The molecule has 2 aromatic rings. The first-order chi connectivity index (χ1) is 14.8. The molecule has 4 rings (SSSR count). The molecule has 1 aliphatic carbocycles. The van der Waals surface area contributed by atoms with Crippen LogP contribution < -0.4 is 10.6 Å². The second-order valence-electron chi connectivity index (χ2n) is 10.5. The van der Waals surface area contributed by atoms with Crippen molar-refractivity contribution in [3.8, 4) is 0 Å². The summed E-state index contributed by atoms with van der Waals surface area (Å²) in [5, 5.41) is 18.6. The molecule has 1 saturated heterocycles. The number of nitrogens with one attached hydrogen (secondary N) is 3. The normalized spacial score (nSPS) is 25.7. The zero-order valence-electron chi connectivity index (χ0n) is 19.2. The van der Waals surface area contributed by atoms with Crippen molar-refractivity contribution in [1.29, 1.82) is 0 Å². The summed E-state index contributed by atoms with van der Waals surface area (Å²) in [5.74, 6) is 1.40. The maximum absolute atomic E-state index is 13.1. The Balaban J connectivity index is 1.41. The fourth-order valence-corrected chi connectivity index (χ4v) is 5.43. The molecule has 2 fully saturated rings. The Morgan fingerprint density at radius 1 is 1.23 bits per heavy atom. The molecule has 4 N–H and O–H groups in total. The number of benzene rings is 1. The van der Waals surface area contributed by atoms with Crippen LogP contribution >= 0.6 is 0 Å². The highest BCUT2D eigenvalue weighted by Crippen LogP contribution is 2.38. The van der Waals surface area contributed by atoms with E-state index in [0.29, 0.717) is 24.9 Å². The van der Waals surface area contributed by atoms with Gasteiger partial charge in [-0.25, -0.2) is 0 Å². The van der Waals surface area contributed by atoms with Crippen LogP contribution in [0.1, 0.15) is 52.9 Å². The number of aliphatic hydroxyl groups excluding tert-OH is 1. The molecular formula is C25H38N4O2. The first-order valence-electron chi connectivity index (χ1n) is 11.8. The Bertz CT molecular complexity index is 887. The van der Waals surface area contributed by atoms with Crippen LogP contribution in [-0.2, 0) is 4.79 Å². The number of β-amino-alcohol motifs (C(OH)–C–C–N with tert-alkyl or cyclic N) is 1. The molecule has 4 atom stereocenters. The Hall–Kier alpha value is -2.05. The molecule has 1 amide bonds. The largest absolute Gasteiger partial charge is 0.390 e. The van der Waals surface area contributed by atoms with E-state index in [1.807, 2.05) is 51.2 Å². The van der Waals surface area contributed by atoms with Crippen LogP contribution in [-0.4, -0.2) is 58.2 Å². The SMILES string of the molecule is CC(C)(C)NC(=O)[C@@H]1C[C@@H]2CCCC[C@@H]2CN1C[C@@H](O)CNc1cccc2[nH]ccc12. The molecule has 1 aliphatic heterocycles. The van der Waals surface area contributed by atoms with Crippen LogP contribution in [0.5, 0.6) is 0 Å². The number of amides is 1. The molecule has 6 heteroatoms. The fraction of sp³-hybridized carbons (Fsp3) is 0.640. The molecule has 2 heterocycles. The van der Waals surface area contributed by atoms with Crippen LogP contribution in [0.25, 0.3) is 10.9 Å². The maximum Gasteiger partial charge on any atom is 0.237 e. The number of piperidine rings is 1.